The maximum atomic E-state index is 9.24. The predicted molar refractivity (Wildman–Crippen MR) is 45.8 cm³/mol. The van der Waals surface area contributed by atoms with Gasteiger partial charge in [0.15, 0.2) is 0 Å². The van der Waals surface area contributed by atoms with Crippen LogP contribution in [0, 0.1) is 0 Å². The molecule has 1 aromatic carbocycles. The van der Waals surface area contributed by atoms with E-state index in [-0.39, 0.29) is 20.7 Å². The van der Waals surface area contributed by atoms with Crippen LogP contribution in [-0.4, -0.2) is 28.0 Å². The van der Waals surface area contributed by atoms with Crippen LogP contribution in [0.1, 0.15) is 0 Å². The first-order chi connectivity index (χ1) is 5.29. The maximum absolute atomic E-state index is 9.24. The van der Waals surface area contributed by atoms with E-state index in [9.17, 15) is 5.11 Å². The second-order valence-electron chi connectivity index (χ2n) is 2.03. The van der Waals surface area contributed by atoms with E-state index in [1.807, 2.05) is 0 Å². The Morgan fingerprint density at radius 3 is 3.00 bits per heavy atom. The molecule has 0 unspecified atom stereocenters. The number of aromatic hydroxyl groups is 1. The summed E-state index contributed by atoms with van der Waals surface area (Å²) in [6.07, 6.45) is 0. The van der Waals surface area contributed by atoms with Gasteiger partial charge in [-0.2, -0.15) is 0 Å². The van der Waals surface area contributed by atoms with Crippen molar-refractivity contribution >= 4 is 41.9 Å². The third kappa shape index (κ3) is 1.09. The summed E-state index contributed by atoms with van der Waals surface area (Å²) in [7, 11) is 0. The molecule has 0 bridgehead atoms. The van der Waals surface area contributed by atoms with Crippen LogP contribution in [0.25, 0.3) is 11.0 Å². The van der Waals surface area contributed by atoms with Gasteiger partial charge in [0.05, 0.1) is 0 Å². The van der Waals surface area contributed by atoms with E-state index in [0.29, 0.717) is 4.47 Å². The molecule has 1 heterocycles. The summed E-state index contributed by atoms with van der Waals surface area (Å²) in [5.74, 6) is 0.223. The Hall–Kier alpha value is -0.381. The zero-order chi connectivity index (χ0) is 7.84. The van der Waals surface area contributed by atoms with Crippen molar-refractivity contribution in [1.29, 1.82) is 0 Å². The molecule has 0 aliphatic rings. The summed E-state index contributed by atoms with van der Waals surface area (Å²) >= 11 is 3.21. The van der Waals surface area contributed by atoms with Gasteiger partial charge in [-0.15, -0.1) is 0 Å². The Bertz CT molecular complexity index is 400. The van der Waals surface area contributed by atoms with Crippen LogP contribution in [0.2, 0.25) is 0 Å². The van der Waals surface area contributed by atoms with Crippen molar-refractivity contribution in [3.05, 3.63) is 16.6 Å². The Kier molecular flexibility index (Phi) is 1.71. The van der Waals surface area contributed by atoms with E-state index in [1.54, 1.807) is 12.1 Å². The number of hydrogen-bond acceptors (Lipinski definition) is 3. The van der Waals surface area contributed by atoms with Crippen LogP contribution in [0.3, 0.4) is 0 Å². The molecule has 56 valence electrons. The van der Waals surface area contributed by atoms with Gasteiger partial charge in [-0.1, -0.05) is 0 Å². The molecule has 0 saturated heterocycles. The quantitative estimate of drug-likeness (QED) is 0.735. The van der Waals surface area contributed by atoms with Gasteiger partial charge in [0.2, 0.25) is 0 Å². The Balaban J connectivity index is 2.93. The zero-order valence-corrected chi connectivity index (χ0v) is 8.58. The Morgan fingerprint density at radius 2 is 2.18 bits per heavy atom. The number of rotatable bonds is 0. The Labute approximate surface area is 77.4 Å². The summed E-state index contributed by atoms with van der Waals surface area (Å²) in [6.45, 7) is 0. The molecule has 3 nitrogen and oxygen atoms in total. The number of nitrogens with zero attached hydrogens (tertiary/aromatic N) is 2. The van der Waals surface area contributed by atoms with Crippen LogP contribution in [0.15, 0.2) is 16.6 Å². The molecule has 2 aromatic rings. The molecule has 0 amide bonds. The van der Waals surface area contributed by atoms with E-state index in [4.69, 9.17) is 0 Å². The first-order valence-electron chi connectivity index (χ1n) is 2.89. The third-order valence-electron chi connectivity index (χ3n) is 1.35. The number of phenolic OH excluding ortho intramolecular Hbond substituents is 1. The second-order valence-corrected chi connectivity index (χ2v) is 3.93. The normalized spacial score (nSPS) is 10.6. The topological polar surface area (TPSA) is 46.0 Å². The van der Waals surface area contributed by atoms with E-state index in [2.05, 4.69) is 23.9 Å². The van der Waals surface area contributed by atoms with Crippen molar-refractivity contribution in [2.75, 3.05) is 0 Å². The number of aromatic nitrogens is 2. The van der Waals surface area contributed by atoms with Crippen molar-refractivity contribution in [3.8, 4) is 5.75 Å². The first kappa shape index (κ1) is 7.28. The van der Waals surface area contributed by atoms with Crippen LogP contribution >= 0.6 is 15.9 Å². The van der Waals surface area contributed by atoms with Crippen LogP contribution < -0.4 is 0 Å². The monoisotopic (exact) mass is 278 g/mol. The summed E-state index contributed by atoms with van der Waals surface area (Å²) in [5, 5.41) is 9.24. The van der Waals surface area contributed by atoms with E-state index in [1.165, 1.54) is 0 Å². The van der Waals surface area contributed by atoms with Crippen LogP contribution in [0.4, 0.5) is 0 Å². The summed E-state index contributed by atoms with van der Waals surface area (Å²) in [4.78, 5) is 0. The molecule has 1 aromatic heterocycles. The minimum absolute atomic E-state index is 0.0291. The third-order valence-corrected chi connectivity index (χ3v) is 3.27. The fourth-order valence-electron chi connectivity index (χ4n) is 0.809. The first-order valence-corrected chi connectivity index (χ1v) is 5.21. The molecule has 0 fully saturated rings. The van der Waals surface area contributed by atoms with Crippen molar-refractivity contribution < 1.29 is 5.11 Å². The fourth-order valence-corrected chi connectivity index (χ4v) is 2.64. The van der Waals surface area contributed by atoms with Gasteiger partial charge in [-0.25, -0.2) is 0 Å². The molecule has 0 saturated carbocycles. The molecule has 0 spiro atoms. The van der Waals surface area contributed by atoms with Gasteiger partial charge in [0, 0.05) is 0 Å². The Morgan fingerprint density at radius 1 is 1.36 bits per heavy atom. The van der Waals surface area contributed by atoms with Gasteiger partial charge >= 0.3 is 77.3 Å². The van der Waals surface area contributed by atoms with Gasteiger partial charge in [0.25, 0.3) is 0 Å². The standard InChI is InChI=1S/C6H3BrN2OSe/c7-5-4(10)2-1-3-6(5)9-11-8-3/h1-2,10H. The van der Waals surface area contributed by atoms with E-state index < -0.39 is 0 Å². The van der Waals surface area contributed by atoms with Crippen molar-refractivity contribution in [3.63, 3.8) is 0 Å². The predicted octanol–water partition coefficient (Wildman–Crippen LogP) is 1.15. The van der Waals surface area contributed by atoms with Gasteiger partial charge in [-0.05, 0) is 0 Å². The summed E-state index contributed by atoms with van der Waals surface area (Å²) in [5.41, 5.74) is 1.65. The summed E-state index contributed by atoms with van der Waals surface area (Å²) in [6, 6.07) is 3.39. The molecule has 0 radical (unpaired) electrons. The minimum atomic E-state index is -0.0291. The second kappa shape index (κ2) is 2.59. The molecule has 1 N–H and O–H groups in total. The van der Waals surface area contributed by atoms with Crippen LogP contribution in [-0.2, 0) is 0 Å². The molecule has 0 aliphatic carbocycles. The molecule has 0 aliphatic heterocycles. The van der Waals surface area contributed by atoms with E-state index in [0.717, 1.165) is 11.0 Å². The summed E-state index contributed by atoms with van der Waals surface area (Å²) < 4.78 is 8.96. The van der Waals surface area contributed by atoms with Gasteiger partial charge in [0.1, 0.15) is 0 Å². The average molecular weight is 278 g/mol. The molecular weight excluding hydrogens is 275 g/mol. The number of benzene rings is 1. The SMILES string of the molecule is Oc1ccc2n[se]nc2c1Br. The molecule has 11 heavy (non-hydrogen) atoms. The van der Waals surface area contributed by atoms with Crippen molar-refractivity contribution in [2.24, 2.45) is 0 Å². The zero-order valence-electron chi connectivity index (χ0n) is 5.28. The van der Waals surface area contributed by atoms with Crippen molar-refractivity contribution in [1.82, 2.24) is 7.96 Å². The van der Waals surface area contributed by atoms with Gasteiger partial charge < -0.3 is 0 Å². The number of phenols is 1. The van der Waals surface area contributed by atoms with E-state index >= 15 is 0 Å². The number of hydrogen-bond donors (Lipinski definition) is 1. The fraction of sp³-hybridized carbons (Fsp3) is 0. The van der Waals surface area contributed by atoms with Crippen LogP contribution in [0.5, 0.6) is 5.75 Å². The number of halogens is 1. The molecular formula is C6H3BrN2OSe. The van der Waals surface area contributed by atoms with Gasteiger partial charge in [-0.3, -0.25) is 0 Å². The molecule has 5 heteroatoms. The molecule has 0 atom stereocenters. The number of fused-ring (bicyclic) bond motifs is 1. The molecule has 2 rings (SSSR count). The van der Waals surface area contributed by atoms with Crippen molar-refractivity contribution in [2.45, 2.75) is 0 Å². The average Bonchev–Trinajstić information content (AvgIpc) is 2.45.